The molecule has 2 heterocycles. The van der Waals surface area contributed by atoms with Crippen molar-refractivity contribution in [1.29, 1.82) is 0 Å². The second-order valence-corrected chi connectivity index (χ2v) is 18.5. The maximum atomic E-state index is 5.64. The van der Waals surface area contributed by atoms with E-state index in [9.17, 15) is 0 Å². The number of hydrogen-bond donors (Lipinski definition) is 0. The average Bonchev–Trinajstić information content (AvgIpc) is 4.03. The molecule has 0 N–H and O–H groups in total. The van der Waals surface area contributed by atoms with Crippen molar-refractivity contribution in [3.05, 3.63) is 265 Å². The number of para-hydroxylation sites is 2. The lowest BCUT2D eigenvalue weighted by atomic mass is 9.70. The van der Waals surface area contributed by atoms with E-state index in [-0.39, 0.29) is 5.41 Å². The molecule has 0 atom stereocenters. The molecular weight excluding hydrogens is 821 g/mol. The molecule has 2 heteroatoms. The Hall–Kier alpha value is -8.85. The van der Waals surface area contributed by atoms with Crippen molar-refractivity contribution in [2.24, 2.45) is 0 Å². The second kappa shape index (κ2) is 14.1. The van der Waals surface area contributed by atoms with Crippen molar-refractivity contribution in [2.75, 3.05) is 0 Å². The van der Waals surface area contributed by atoms with E-state index in [4.69, 9.17) is 4.98 Å². The zero-order valence-corrected chi connectivity index (χ0v) is 37.0. The number of pyridine rings is 1. The van der Waals surface area contributed by atoms with Crippen LogP contribution in [0.2, 0.25) is 0 Å². The normalized spacial score (nSPS) is 13.1. The van der Waals surface area contributed by atoms with Gasteiger partial charge >= 0.3 is 0 Å². The lowest BCUT2D eigenvalue weighted by Gasteiger charge is -2.30. The molecule has 2 aromatic heterocycles. The molecule has 0 bridgehead atoms. The summed E-state index contributed by atoms with van der Waals surface area (Å²) in [6, 6.07) is 89.7. The number of hydrogen-bond acceptors (Lipinski definition) is 1. The summed E-state index contributed by atoms with van der Waals surface area (Å²) >= 11 is 0. The van der Waals surface area contributed by atoms with Crippen molar-refractivity contribution < 1.29 is 0 Å². The van der Waals surface area contributed by atoms with Gasteiger partial charge in [0.2, 0.25) is 0 Å². The van der Waals surface area contributed by atoms with Crippen molar-refractivity contribution >= 4 is 54.3 Å². The van der Waals surface area contributed by atoms with E-state index in [2.05, 4.69) is 247 Å². The van der Waals surface area contributed by atoms with Crippen molar-refractivity contribution in [2.45, 2.75) is 5.41 Å². The van der Waals surface area contributed by atoms with Gasteiger partial charge in [0.1, 0.15) is 0 Å². The van der Waals surface area contributed by atoms with Crippen LogP contribution in [0.4, 0.5) is 0 Å². The molecule has 314 valence electrons. The lowest BCUT2D eigenvalue weighted by molar-refractivity contribution is 0.794. The Morgan fingerprint density at radius 1 is 0.294 bits per heavy atom. The van der Waals surface area contributed by atoms with E-state index in [1.807, 2.05) is 0 Å². The van der Waals surface area contributed by atoms with E-state index in [1.54, 1.807) is 0 Å². The molecule has 15 rings (SSSR count). The molecular formula is C66H40N2. The van der Waals surface area contributed by atoms with Crippen LogP contribution in [0.15, 0.2) is 243 Å². The van der Waals surface area contributed by atoms with Crippen LogP contribution in [0.25, 0.3) is 116 Å². The van der Waals surface area contributed by atoms with E-state index in [1.165, 1.54) is 105 Å². The van der Waals surface area contributed by atoms with Gasteiger partial charge in [-0.15, -0.1) is 0 Å². The topological polar surface area (TPSA) is 17.8 Å². The molecule has 0 amide bonds. The number of fused-ring (bicyclic) bond motifs is 19. The first-order valence-electron chi connectivity index (χ1n) is 23.6. The molecule has 1 spiro atoms. The summed E-state index contributed by atoms with van der Waals surface area (Å²) in [7, 11) is 0. The summed E-state index contributed by atoms with van der Waals surface area (Å²) in [6.07, 6.45) is 0. The van der Waals surface area contributed by atoms with Crippen LogP contribution >= 0.6 is 0 Å². The summed E-state index contributed by atoms with van der Waals surface area (Å²) in [4.78, 5) is 5.64. The highest BCUT2D eigenvalue weighted by molar-refractivity contribution is 6.34. The first-order valence-corrected chi connectivity index (χ1v) is 23.6. The summed E-state index contributed by atoms with van der Waals surface area (Å²) < 4.78 is 2.42. The summed E-state index contributed by atoms with van der Waals surface area (Å²) in [5.41, 5.74) is 21.7. The van der Waals surface area contributed by atoms with Crippen molar-refractivity contribution in [3.63, 3.8) is 0 Å². The van der Waals surface area contributed by atoms with Crippen LogP contribution in [0.1, 0.15) is 22.3 Å². The fourth-order valence-corrected chi connectivity index (χ4v) is 12.4. The number of nitrogens with zero attached hydrogens (tertiary/aromatic N) is 2. The Morgan fingerprint density at radius 3 is 1.53 bits per heavy atom. The van der Waals surface area contributed by atoms with Gasteiger partial charge in [-0.05, 0) is 114 Å². The van der Waals surface area contributed by atoms with Gasteiger partial charge in [-0.25, -0.2) is 4.98 Å². The predicted molar refractivity (Wildman–Crippen MR) is 284 cm³/mol. The molecule has 0 aliphatic heterocycles. The largest absolute Gasteiger partial charge is 0.309 e. The van der Waals surface area contributed by atoms with Gasteiger partial charge in [0, 0.05) is 38.2 Å². The van der Waals surface area contributed by atoms with Gasteiger partial charge in [-0.3, -0.25) is 0 Å². The fraction of sp³-hybridized carbons (Fsp3) is 0.0152. The minimum Gasteiger partial charge on any atom is -0.309 e. The molecule has 0 saturated heterocycles. The van der Waals surface area contributed by atoms with Crippen LogP contribution in [0.5, 0.6) is 0 Å². The molecule has 2 aliphatic carbocycles. The van der Waals surface area contributed by atoms with Gasteiger partial charge in [0.25, 0.3) is 0 Å². The van der Waals surface area contributed by atoms with Gasteiger partial charge in [-0.1, -0.05) is 206 Å². The Labute approximate surface area is 393 Å². The fourth-order valence-electron chi connectivity index (χ4n) is 12.4. The average molecular weight is 861 g/mol. The Kier molecular flexibility index (Phi) is 7.74. The maximum Gasteiger partial charge on any atom is 0.0788 e. The lowest BCUT2D eigenvalue weighted by Crippen LogP contribution is -2.25. The molecule has 11 aromatic carbocycles. The highest BCUT2D eigenvalue weighted by atomic mass is 15.0. The third-order valence-electron chi connectivity index (χ3n) is 15.2. The van der Waals surface area contributed by atoms with Crippen LogP contribution in [0.3, 0.4) is 0 Å². The molecule has 0 saturated carbocycles. The van der Waals surface area contributed by atoms with Crippen LogP contribution in [-0.2, 0) is 5.41 Å². The van der Waals surface area contributed by atoms with Gasteiger partial charge in [-0.2, -0.15) is 0 Å². The zero-order chi connectivity index (χ0) is 44.5. The van der Waals surface area contributed by atoms with E-state index in [0.29, 0.717) is 0 Å². The van der Waals surface area contributed by atoms with Crippen molar-refractivity contribution in [3.8, 4) is 61.5 Å². The van der Waals surface area contributed by atoms with E-state index in [0.717, 1.165) is 33.4 Å². The monoisotopic (exact) mass is 860 g/mol. The first kappa shape index (κ1) is 37.4. The molecule has 0 unspecified atom stereocenters. The zero-order valence-electron chi connectivity index (χ0n) is 37.0. The third kappa shape index (κ3) is 4.98. The summed E-state index contributed by atoms with van der Waals surface area (Å²) in [6.45, 7) is 0. The van der Waals surface area contributed by atoms with Gasteiger partial charge < -0.3 is 4.57 Å². The van der Waals surface area contributed by atoms with Gasteiger partial charge in [0.05, 0.1) is 27.7 Å². The summed E-state index contributed by atoms with van der Waals surface area (Å²) in [5, 5.41) is 8.46. The number of benzene rings is 11. The maximum absolute atomic E-state index is 5.64. The second-order valence-electron chi connectivity index (χ2n) is 18.5. The van der Waals surface area contributed by atoms with Crippen molar-refractivity contribution in [1.82, 2.24) is 9.55 Å². The Morgan fingerprint density at radius 2 is 0.838 bits per heavy atom. The summed E-state index contributed by atoms with van der Waals surface area (Å²) in [5.74, 6) is 0. The minimum absolute atomic E-state index is 0.378. The predicted octanol–water partition coefficient (Wildman–Crippen LogP) is 17.0. The molecule has 0 radical (unpaired) electrons. The SMILES string of the molecule is c1ccc(-c2nc3cc(-c4ccc(-c5ccc6c(c5)C5(c7ccccc7-c7ccccc75)c5ccccc5-6)cc4)c4ccccc4c3c3c2ccc2c3c3ccccc3n2-c2ccccc2)cc1. The smallest absolute Gasteiger partial charge is 0.0788 e. The van der Waals surface area contributed by atoms with Crippen LogP contribution in [0, 0.1) is 0 Å². The standard InChI is InChI=1S/C66H40N2/c1-3-17-43(18-4-1)65-53-37-38-61-63(52-26-12-16-30-60(52)68(61)45-19-5-2-6-20-45)64(53)62-51-25-8-7-21-46(51)54(40-59(62)67-65)42-33-31-41(32-34-42)44-35-36-50-49-24-11-15-29-57(49)66(58(50)39-44)55-27-13-9-22-47(55)48-23-10-14-28-56(48)66/h1-40H. The number of rotatable bonds is 4. The quantitative estimate of drug-likeness (QED) is 0.161. The first-order chi connectivity index (χ1) is 33.8. The molecule has 13 aromatic rings. The third-order valence-corrected chi connectivity index (χ3v) is 15.2. The Balaban J connectivity index is 0.940. The Bertz CT molecular complexity index is 4170. The molecule has 68 heavy (non-hydrogen) atoms. The molecule has 2 aliphatic rings. The highest BCUT2D eigenvalue weighted by Gasteiger charge is 2.51. The minimum atomic E-state index is -0.378. The van der Waals surface area contributed by atoms with E-state index >= 15 is 0 Å². The van der Waals surface area contributed by atoms with Crippen LogP contribution < -0.4 is 0 Å². The van der Waals surface area contributed by atoms with Gasteiger partial charge in [0.15, 0.2) is 0 Å². The molecule has 0 fully saturated rings. The molecule has 2 nitrogen and oxygen atoms in total. The number of aromatic nitrogens is 2. The van der Waals surface area contributed by atoms with E-state index < -0.39 is 0 Å². The van der Waals surface area contributed by atoms with Crippen LogP contribution in [-0.4, -0.2) is 9.55 Å². The highest BCUT2D eigenvalue weighted by Crippen LogP contribution is 2.63.